The molecule has 0 aliphatic carbocycles. The second-order valence-electron chi connectivity index (χ2n) is 4.16. The smallest absolute Gasteiger partial charge is 0.127 e. The van der Waals surface area contributed by atoms with Crippen LogP contribution >= 0.6 is 0 Å². The van der Waals surface area contributed by atoms with Gasteiger partial charge in [-0.25, -0.2) is 4.98 Å². The van der Waals surface area contributed by atoms with Gasteiger partial charge in [0.15, 0.2) is 0 Å². The lowest BCUT2D eigenvalue weighted by atomic mass is 10.2. The Balaban J connectivity index is 1.98. The maximum atomic E-state index is 5.63. The highest BCUT2D eigenvalue weighted by atomic mass is 16.5. The first kappa shape index (κ1) is 11.2. The molecule has 1 unspecified atom stereocenters. The molecule has 1 atom stereocenters. The lowest BCUT2D eigenvalue weighted by molar-refractivity contribution is 0.116. The predicted molar refractivity (Wildman–Crippen MR) is 66.0 cm³/mol. The SMILES string of the molecule is CNc1cc(N(C)CC2CCCO2)ccn1. The second kappa shape index (κ2) is 5.16. The maximum absolute atomic E-state index is 5.63. The van der Waals surface area contributed by atoms with E-state index in [0.29, 0.717) is 6.10 Å². The fraction of sp³-hybridized carbons (Fsp3) is 0.583. The zero-order chi connectivity index (χ0) is 11.4. The summed E-state index contributed by atoms with van der Waals surface area (Å²) in [5.74, 6) is 0.900. The van der Waals surface area contributed by atoms with Gasteiger partial charge in [0.05, 0.1) is 6.10 Å². The molecule has 1 aromatic heterocycles. The summed E-state index contributed by atoms with van der Waals surface area (Å²) in [5.41, 5.74) is 1.18. The van der Waals surface area contributed by atoms with E-state index in [-0.39, 0.29) is 0 Å². The minimum Gasteiger partial charge on any atom is -0.376 e. The number of ether oxygens (including phenoxy) is 1. The largest absolute Gasteiger partial charge is 0.376 e. The Labute approximate surface area is 96.6 Å². The Kier molecular flexibility index (Phi) is 3.62. The minimum absolute atomic E-state index is 0.385. The summed E-state index contributed by atoms with van der Waals surface area (Å²) in [7, 11) is 3.97. The zero-order valence-corrected chi connectivity index (χ0v) is 9.94. The van der Waals surface area contributed by atoms with Crippen molar-refractivity contribution in [2.45, 2.75) is 18.9 Å². The number of hydrogen-bond acceptors (Lipinski definition) is 4. The average molecular weight is 221 g/mol. The standard InChI is InChI=1S/C12H19N3O/c1-13-12-8-10(5-6-14-12)15(2)9-11-4-3-7-16-11/h5-6,8,11H,3-4,7,9H2,1-2H3,(H,13,14). The summed E-state index contributed by atoms with van der Waals surface area (Å²) in [6, 6.07) is 4.07. The Morgan fingerprint density at radius 2 is 2.50 bits per heavy atom. The molecule has 16 heavy (non-hydrogen) atoms. The molecule has 88 valence electrons. The van der Waals surface area contributed by atoms with E-state index in [1.807, 2.05) is 19.3 Å². The molecule has 0 saturated carbocycles. The zero-order valence-electron chi connectivity index (χ0n) is 9.94. The molecule has 1 N–H and O–H groups in total. The molecule has 1 aliphatic heterocycles. The Bertz CT molecular complexity index is 337. The van der Waals surface area contributed by atoms with E-state index in [9.17, 15) is 0 Å². The van der Waals surface area contributed by atoms with Gasteiger partial charge in [0, 0.05) is 45.2 Å². The molecule has 0 amide bonds. The van der Waals surface area contributed by atoms with Crippen LogP contribution in [0.5, 0.6) is 0 Å². The van der Waals surface area contributed by atoms with Crippen LogP contribution in [0.4, 0.5) is 11.5 Å². The number of nitrogens with zero attached hydrogens (tertiary/aromatic N) is 2. The van der Waals surface area contributed by atoms with Crippen molar-refractivity contribution < 1.29 is 4.74 Å². The number of pyridine rings is 1. The van der Waals surface area contributed by atoms with Crippen LogP contribution in [-0.2, 0) is 4.74 Å². The molecule has 0 bridgehead atoms. The normalized spacial score (nSPS) is 19.8. The molecule has 2 heterocycles. The van der Waals surface area contributed by atoms with Gasteiger partial charge in [0.2, 0.25) is 0 Å². The first-order valence-electron chi connectivity index (χ1n) is 5.76. The molecular formula is C12H19N3O. The molecule has 0 aromatic carbocycles. The maximum Gasteiger partial charge on any atom is 0.127 e. The van der Waals surface area contributed by atoms with Crippen LogP contribution in [0.2, 0.25) is 0 Å². The third-order valence-corrected chi connectivity index (χ3v) is 2.94. The molecule has 1 fully saturated rings. The average Bonchev–Trinajstić information content (AvgIpc) is 2.82. The van der Waals surface area contributed by atoms with Crippen LogP contribution < -0.4 is 10.2 Å². The Morgan fingerprint density at radius 1 is 1.62 bits per heavy atom. The molecule has 1 aliphatic rings. The van der Waals surface area contributed by atoms with E-state index in [2.05, 4.69) is 28.3 Å². The minimum atomic E-state index is 0.385. The summed E-state index contributed by atoms with van der Waals surface area (Å²) in [6.07, 6.45) is 4.58. The van der Waals surface area contributed by atoms with Crippen molar-refractivity contribution in [2.24, 2.45) is 0 Å². The molecule has 1 saturated heterocycles. The van der Waals surface area contributed by atoms with Crippen LogP contribution in [0.3, 0.4) is 0 Å². The highest BCUT2D eigenvalue weighted by Crippen LogP contribution is 2.19. The molecule has 1 aromatic rings. The highest BCUT2D eigenvalue weighted by Gasteiger charge is 2.17. The van der Waals surface area contributed by atoms with Crippen LogP contribution in [0.25, 0.3) is 0 Å². The number of nitrogens with one attached hydrogen (secondary N) is 1. The number of anilines is 2. The number of rotatable bonds is 4. The number of likely N-dealkylation sites (N-methyl/N-ethyl adjacent to an activating group) is 1. The molecule has 0 spiro atoms. The van der Waals surface area contributed by atoms with E-state index in [1.165, 1.54) is 18.5 Å². The van der Waals surface area contributed by atoms with Gasteiger partial charge in [-0.2, -0.15) is 0 Å². The lowest BCUT2D eigenvalue weighted by Crippen LogP contribution is -2.28. The quantitative estimate of drug-likeness (QED) is 0.840. The fourth-order valence-corrected chi connectivity index (χ4v) is 1.99. The van der Waals surface area contributed by atoms with Gasteiger partial charge in [-0.3, -0.25) is 0 Å². The molecule has 2 rings (SSSR count). The fourth-order valence-electron chi connectivity index (χ4n) is 1.99. The van der Waals surface area contributed by atoms with Crippen LogP contribution in [-0.4, -0.2) is 38.3 Å². The topological polar surface area (TPSA) is 37.4 Å². The second-order valence-corrected chi connectivity index (χ2v) is 4.16. The van der Waals surface area contributed by atoms with Crippen LogP contribution in [0.15, 0.2) is 18.3 Å². The van der Waals surface area contributed by atoms with Crippen molar-refractivity contribution in [1.82, 2.24) is 4.98 Å². The van der Waals surface area contributed by atoms with Gasteiger partial charge in [0.25, 0.3) is 0 Å². The van der Waals surface area contributed by atoms with E-state index in [1.54, 1.807) is 0 Å². The van der Waals surface area contributed by atoms with E-state index in [4.69, 9.17) is 4.74 Å². The highest BCUT2D eigenvalue weighted by molar-refractivity contribution is 5.53. The third kappa shape index (κ3) is 2.64. The van der Waals surface area contributed by atoms with Gasteiger partial charge in [-0.15, -0.1) is 0 Å². The van der Waals surface area contributed by atoms with Crippen LogP contribution in [0, 0.1) is 0 Å². The van der Waals surface area contributed by atoms with Gasteiger partial charge >= 0.3 is 0 Å². The summed E-state index contributed by atoms with van der Waals surface area (Å²) in [6.45, 7) is 1.86. The Hall–Kier alpha value is -1.29. The summed E-state index contributed by atoms with van der Waals surface area (Å²) in [5, 5.41) is 3.05. The van der Waals surface area contributed by atoms with E-state index in [0.717, 1.165) is 19.0 Å². The van der Waals surface area contributed by atoms with Crippen molar-refractivity contribution in [1.29, 1.82) is 0 Å². The number of hydrogen-bond donors (Lipinski definition) is 1. The first-order valence-corrected chi connectivity index (χ1v) is 5.76. The summed E-state index contributed by atoms with van der Waals surface area (Å²) < 4.78 is 5.63. The van der Waals surface area contributed by atoms with Gasteiger partial charge in [-0.1, -0.05) is 0 Å². The lowest BCUT2D eigenvalue weighted by Gasteiger charge is -2.22. The predicted octanol–water partition coefficient (Wildman–Crippen LogP) is 1.74. The van der Waals surface area contributed by atoms with Gasteiger partial charge < -0.3 is 15.0 Å². The van der Waals surface area contributed by atoms with Crippen LogP contribution in [0.1, 0.15) is 12.8 Å². The molecule has 4 heteroatoms. The van der Waals surface area contributed by atoms with Crippen molar-refractivity contribution in [3.63, 3.8) is 0 Å². The molecular weight excluding hydrogens is 202 g/mol. The summed E-state index contributed by atoms with van der Waals surface area (Å²) in [4.78, 5) is 6.42. The molecule has 4 nitrogen and oxygen atoms in total. The summed E-state index contributed by atoms with van der Waals surface area (Å²) >= 11 is 0. The van der Waals surface area contributed by atoms with Gasteiger partial charge in [-0.05, 0) is 18.9 Å². The van der Waals surface area contributed by atoms with Crippen molar-refractivity contribution in [3.05, 3.63) is 18.3 Å². The van der Waals surface area contributed by atoms with Crippen molar-refractivity contribution in [2.75, 3.05) is 37.5 Å². The van der Waals surface area contributed by atoms with Crippen molar-refractivity contribution in [3.8, 4) is 0 Å². The van der Waals surface area contributed by atoms with Gasteiger partial charge in [0.1, 0.15) is 5.82 Å². The third-order valence-electron chi connectivity index (χ3n) is 2.94. The monoisotopic (exact) mass is 221 g/mol. The Morgan fingerprint density at radius 3 is 3.19 bits per heavy atom. The molecule has 0 radical (unpaired) electrons. The first-order chi connectivity index (χ1) is 7.79. The number of aromatic nitrogens is 1. The van der Waals surface area contributed by atoms with Crippen molar-refractivity contribution >= 4 is 11.5 Å². The van der Waals surface area contributed by atoms with E-state index >= 15 is 0 Å². The van der Waals surface area contributed by atoms with E-state index < -0.39 is 0 Å².